The molecule has 0 unspecified atom stereocenters. The number of carbonyl (C=O) groups is 1. The lowest BCUT2D eigenvalue weighted by molar-refractivity contribution is 0.102. The summed E-state index contributed by atoms with van der Waals surface area (Å²) in [6.45, 7) is 0. The number of phenolic OH excluding ortho intramolecular Hbond substituents is 1. The lowest BCUT2D eigenvalue weighted by atomic mass is 10.3. The first-order valence-electron chi connectivity index (χ1n) is 5.39. The van der Waals surface area contributed by atoms with E-state index in [2.05, 4.69) is 10.3 Å². The molecule has 0 radical (unpaired) electrons. The monoisotopic (exact) mass is 258 g/mol. The molecule has 90 valence electrons. The maximum atomic E-state index is 12.0. The molecule has 0 fully saturated rings. The number of phenols is 1. The van der Waals surface area contributed by atoms with Gasteiger partial charge in [-0.25, -0.2) is 0 Å². The van der Waals surface area contributed by atoms with Crippen molar-refractivity contribution >= 4 is 33.1 Å². The molecule has 0 aliphatic heterocycles. The summed E-state index contributed by atoms with van der Waals surface area (Å²) in [7, 11) is 0. The number of aromatic amines is 1. The summed E-state index contributed by atoms with van der Waals surface area (Å²) in [5, 5.41) is 14.0. The average molecular weight is 258 g/mol. The van der Waals surface area contributed by atoms with Gasteiger partial charge in [0.2, 0.25) is 0 Å². The van der Waals surface area contributed by atoms with Crippen LogP contribution < -0.4 is 5.32 Å². The van der Waals surface area contributed by atoms with Crippen LogP contribution in [0.5, 0.6) is 5.75 Å². The Bertz CT molecular complexity index is 686. The normalized spacial score (nSPS) is 10.7. The van der Waals surface area contributed by atoms with Gasteiger partial charge < -0.3 is 15.4 Å². The van der Waals surface area contributed by atoms with Crippen LogP contribution in [0.3, 0.4) is 0 Å². The second kappa shape index (κ2) is 4.19. The molecule has 2 aromatic heterocycles. The highest BCUT2D eigenvalue weighted by Gasteiger charge is 2.10. The number of aromatic nitrogens is 1. The van der Waals surface area contributed by atoms with Crippen molar-refractivity contribution in [1.29, 1.82) is 0 Å². The number of hydrogen-bond acceptors (Lipinski definition) is 3. The Hall–Kier alpha value is -2.27. The number of thiophene rings is 1. The minimum Gasteiger partial charge on any atom is -0.508 e. The molecular weight excluding hydrogens is 248 g/mol. The third-order valence-corrected chi connectivity index (χ3v) is 3.45. The van der Waals surface area contributed by atoms with E-state index in [9.17, 15) is 9.90 Å². The number of rotatable bonds is 2. The number of aromatic hydroxyl groups is 1. The van der Waals surface area contributed by atoms with Gasteiger partial charge >= 0.3 is 0 Å². The van der Waals surface area contributed by atoms with Crippen LogP contribution in [0.1, 0.15) is 10.5 Å². The lowest BCUT2D eigenvalue weighted by Gasteiger charge is -2.03. The van der Waals surface area contributed by atoms with Gasteiger partial charge in [-0.05, 0) is 29.6 Å². The van der Waals surface area contributed by atoms with Gasteiger partial charge in [-0.3, -0.25) is 4.79 Å². The molecule has 0 aliphatic rings. The van der Waals surface area contributed by atoms with Crippen LogP contribution in [0.15, 0.2) is 41.8 Å². The van der Waals surface area contributed by atoms with E-state index in [0.29, 0.717) is 11.4 Å². The van der Waals surface area contributed by atoms with Gasteiger partial charge in [0.05, 0.1) is 10.2 Å². The molecule has 0 saturated heterocycles. The molecule has 0 aliphatic carbocycles. The minimum absolute atomic E-state index is 0.125. The first-order chi connectivity index (χ1) is 8.72. The maximum absolute atomic E-state index is 12.0. The van der Waals surface area contributed by atoms with E-state index in [1.165, 1.54) is 6.07 Å². The summed E-state index contributed by atoms with van der Waals surface area (Å²) in [5.41, 5.74) is 2.04. The Morgan fingerprint density at radius 1 is 1.28 bits per heavy atom. The van der Waals surface area contributed by atoms with E-state index in [-0.39, 0.29) is 11.7 Å². The molecule has 0 spiro atoms. The van der Waals surface area contributed by atoms with E-state index < -0.39 is 0 Å². The Kier molecular flexibility index (Phi) is 2.53. The van der Waals surface area contributed by atoms with Crippen molar-refractivity contribution in [2.24, 2.45) is 0 Å². The van der Waals surface area contributed by atoms with Crippen LogP contribution in [0, 0.1) is 0 Å². The fourth-order valence-electron chi connectivity index (χ4n) is 1.75. The fraction of sp³-hybridized carbons (Fsp3) is 0. The Morgan fingerprint density at radius 3 is 2.94 bits per heavy atom. The summed E-state index contributed by atoms with van der Waals surface area (Å²) in [6, 6.07) is 10.2. The van der Waals surface area contributed by atoms with Crippen molar-refractivity contribution in [1.82, 2.24) is 4.98 Å². The molecule has 0 saturated carbocycles. The zero-order valence-corrected chi connectivity index (χ0v) is 10.1. The van der Waals surface area contributed by atoms with Crippen molar-refractivity contribution < 1.29 is 9.90 Å². The van der Waals surface area contributed by atoms with Crippen molar-refractivity contribution in [2.45, 2.75) is 0 Å². The number of hydrogen-bond donors (Lipinski definition) is 3. The first kappa shape index (κ1) is 10.9. The number of anilines is 1. The van der Waals surface area contributed by atoms with Crippen molar-refractivity contribution in [3.8, 4) is 5.75 Å². The van der Waals surface area contributed by atoms with Crippen molar-refractivity contribution in [3.05, 3.63) is 47.5 Å². The molecule has 4 nitrogen and oxygen atoms in total. The number of benzene rings is 1. The highest BCUT2D eigenvalue weighted by molar-refractivity contribution is 7.17. The molecule has 0 bridgehead atoms. The second-order valence-electron chi connectivity index (χ2n) is 3.89. The van der Waals surface area contributed by atoms with Crippen LogP contribution in [0.4, 0.5) is 5.69 Å². The molecular formula is C13H10N2O2S. The van der Waals surface area contributed by atoms with Gasteiger partial charge in [0.15, 0.2) is 0 Å². The van der Waals surface area contributed by atoms with E-state index in [4.69, 9.17) is 0 Å². The maximum Gasteiger partial charge on any atom is 0.272 e. The predicted octanol–water partition coefficient (Wildman–Crippen LogP) is 3.19. The number of amides is 1. The summed E-state index contributed by atoms with van der Waals surface area (Å²) < 4.78 is 1.05. The number of nitrogens with one attached hydrogen (secondary N) is 2. The number of fused-ring (bicyclic) bond motifs is 1. The number of carbonyl (C=O) groups excluding carboxylic acids is 1. The fourth-order valence-corrected chi connectivity index (χ4v) is 2.54. The SMILES string of the molecule is O=C(Nc1cccc(O)c1)c1cc2sccc2[nH]1. The van der Waals surface area contributed by atoms with Crippen molar-refractivity contribution in [2.75, 3.05) is 5.32 Å². The molecule has 2 heterocycles. The van der Waals surface area contributed by atoms with Crippen LogP contribution in [-0.2, 0) is 0 Å². The van der Waals surface area contributed by atoms with Crippen LogP contribution in [0.25, 0.3) is 10.2 Å². The summed E-state index contributed by atoms with van der Waals surface area (Å²) in [5.74, 6) is -0.0933. The van der Waals surface area contributed by atoms with Crippen LogP contribution in [0.2, 0.25) is 0 Å². The topological polar surface area (TPSA) is 65.1 Å². The van der Waals surface area contributed by atoms with Gasteiger partial charge in [-0.2, -0.15) is 0 Å². The van der Waals surface area contributed by atoms with Gasteiger partial charge in [-0.1, -0.05) is 6.07 Å². The third-order valence-electron chi connectivity index (χ3n) is 2.59. The standard InChI is InChI=1S/C13H10N2O2S/c16-9-3-1-2-8(6-9)14-13(17)11-7-12-10(15-11)4-5-18-12/h1-7,15-16H,(H,14,17). The van der Waals surface area contributed by atoms with Crippen LogP contribution in [-0.4, -0.2) is 16.0 Å². The van der Waals surface area contributed by atoms with Crippen molar-refractivity contribution in [3.63, 3.8) is 0 Å². The molecule has 3 aromatic rings. The van der Waals surface area contributed by atoms with Gasteiger partial charge in [-0.15, -0.1) is 11.3 Å². The smallest absolute Gasteiger partial charge is 0.272 e. The summed E-state index contributed by atoms with van der Waals surface area (Å²) in [4.78, 5) is 15.0. The highest BCUT2D eigenvalue weighted by atomic mass is 32.1. The Morgan fingerprint density at radius 2 is 2.17 bits per heavy atom. The average Bonchev–Trinajstić information content (AvgIpc) is 2.88. The summed E-state index contributed by atoms with van der Waals surface area (Å²) in [6.07, 6.45) is 0. The van der Waals surface area contributed by atoms with E-state index in [0.717, 1.165) is 10.2 Å². The molecule has 0 atom stereocenters. The molecule has 3 N–H and O–H groups in total. The molecule has 1 aromatic carbocycles. The quantitative estimate of drug-likeness (QED) is 0.661. The lowest BCUT2D eigenvalue weighted by Crippen LogP contribution is -2.11. The first-order valence-corrected chi connectivity index (χ1v) is 6.27. The highest BCUT2D eigenvalue weighted by Crippen LogP contribution is 2.22. The molecule has 18 heavy (non-hydrogen) atoms. The van der Waals surface area contributed by atoms with E-state index in [1.807, 2.05) is 17.5 Å². The zero-order chi connectivity index (χ0) is 12.5. The van der Waals surface area contributed by atoms with E-state index in [1.54, 1.807) is 29.5 Å². The van der Waals surface area contributed by atoms with Gasteiger partial charge in [0.25, 0.3) is 5.91 Å². The van der Waals surface area contributed by atoms with Crippen LogP contribution >= 0.6 is 11.3 Å². The Labute approximate surface area is 107 Å². The third kappa shape index (κ3) is 1.96. The largest absolute Gasteiger partial charge is 0.508 e. The van der Waals surface area contributed by atoms with Gasteiger partial charge in [0, 0.05) is 11.8 Å². The number of H-pyrrole nitrogens is 1. The molecule has 5 heteroatoms. The summed E-state index contributed by atoms with van der Waals surface area (Å²) >= 11 is 1.58. The Balaban J connectivity index is 1.85. The zero-order valence-electron chi connectivity index (χ0n) is 9.31. The molecule has 1 amide bonds. The predicted molar refractivity (Wildman–Crippen MR) is 72.2 cm³/mol. The molecule has 3 rings (SSSR count). The van der Waals surface area contributed by atoms with Gasteiger partial charge in [0.1, 0.15) is 11.4 Å². The minimum atomic E-state index is -0.219. The van der Waals surface area contributed by atoms with E-state index >= 15 is 0 Å². The second-order valence-corrected chi connectivity index (χ2v) is 4.83.